The van der Waals surface area contributed by atoms with Gasteiger partial charge in [0.1, 0.15) is 0 Å². The molecule has 1 fully saturated rings. The fourth-order valence-electron chi connectivity index (χ4n) is 3.44. The monoisotopic (exact) mass is 418 g/mol. The zero-order chi connectivity index (χ0) is 19.9. The van der Waals surface area contributed by atoms with Crippen LogP contribution in [0, 0.1) is 13.8 Å². The first kappa shape index (κ1) is 19.0. The lowest BCUT2D eigenvalue weighted by Crippen LogP contribution is -2.31. The van der Waals surface area contributed by atoms with Gasteiger partial charge in [0, 0.05) is 36.6 Å². The number of rotatable bonds is 5. The Morgan fingerprint density at radius 2 is 2.04 bits per heavy atom. The van der Waals surface area contributed by atoms with Crippen LogP contribution >= 0.6 is 11.3 Å². The predicted octanol–water partition coefficient (Wildman–Crippen LogP) is 3.16. The van der Waals surface area contributed by atoms with Crippen LogP contribution in [0.5, 0.6) is 0 Å². The Kier molecular flexibility index (Phi) is 4.94. The quantitative estimate of drug-likeness (QED) is 0.684. The molecular weight excluding hydrogens is 396 g/mol. The van der Waals surface area contributed by atoms with Gasteiger partial charge < -0.3 is 9.88 Å². The Hall–Kier alpha value is -2.30. The van der Waals surface area contributed by atoms with Crippen LogP contribution in [0.1, 0.15) is 36.0 Å². The molecule has 1 N–H and O–H groups in total. The Morgan fingerprint density at radius 1 is 1.21 bits per heavy atom. The van der Waals surface area contributed by atoms with E-state index in [1.165, 1.54) is 28.2 Å². The number of pyridine rings is 1. The molecule has 0 saturated carbocycles. The smallest absolute Gasteiger partial charge is 0.262 e. The summed E-state index contributed by atoms with van der Waals surface area (Å²) in [6.45, 7) is 4.33. The second-order valence-corrected chi connectivity index (χ2v) is 9.69. The van der Waals surface area contributed by atoms with Crippen molar-refractivity contribution in [3.8, 4) is 0 Å². The molecule has 4 heterocycles. The van der Waals surface area contributed by atoms with Gasteiger partial charge >= 0.3 is 0 Å². The lowest BCUT2D eigenvalue weighted by molar-refractivity contribution is 0.388. The van der Waals surface area contributed by atoms with Crippen LogP contribution in [0.4, 0.5) is 10.8 Å². The van der Waals surface area contributed by atoms with E-state index in [1.807, 2.05) is 31.4 Å². The molecule has 1 saturated heterocycles. The summed E-state index contributed by atoms with van der Waals surface area (Å²) >= 11 is 1.53. The maximum atomic E-state index is 13.1. The first-order valence-corrected chi connectivity index (χ1v) is 11.3. The van der Waals surface area contributed by atoms with E-state index in [1.54, 1.807) is 11.6 Å². The van der Waals surface area contributed by atoms with Gasteiger partial charge in [-0.15, -0.1) is 11.3 Å². The Labute approximate surface area is 168 Å². The molecule has 1 aliphatic rings. The number of thiazole rings is 1. The molecule has 8 nitrogen and oxygen atoms in total. The van der Waals surface area contributed by atoms with Crippen molar-refractivity contribution in [2.24, 2.45) is 7.05 Å². The first-order valence-electron chi connectivity index (χ1n) is 9.00. The Morgan fingerprint density at radius 3 is 2.71 bits per heavy atom. The minimum atomic E-state index is -3.67. The number of aryl methyl sites for hydroxylation is 3. The van der Waals surface area contributed by atoms with Crippen LogP contribution in [0.15, 0.2) is 35.1 Å². The number of aromatic nitrogens is 4. The van der Waals surface area contributed by atoms with Gasteiger partial charge in [-0.3, -0.25) is 4.98 Å². The minimum Gasteiger partial charge on any atom is -0.339 e. The Bertz CT molecular complexity index is 1100. The van der Waals surface area contributed by atoms with E-state index in [-0.39, 0.29) is 11.1 Å². The maximum Gasteiger partial charge on any atom is 0.262 e. The van der Waals surface area contributed by atoms with E-state index in [0.29, 0.717) is 6.54 Å². The van der Waals surface area contributed by atoms with Crippen molar-refractivity contribution >= 4 is 32.2 Å². The zero-order valence-corrected chi connectivity index (χ0v) is 17.6. The molecular formula is C18H22N6O2S2. The van der Waals surface area contributed by atoms with Gasteiger partial charge in [0.25, 0.3) is 10.0 Å². The summed E-state index contributed by atoms with van der Waals surface area (Å²) in [6, 6.07) is 3.55. The molecule has 0 radical (unpaired) electrons. The highest BCUT2D eigenvalue weighted by Gasteiger charge is 2.38. The van der Waals surface area contributed by atoms with Crippen molar-refractivity contribution in [3.05, 3.63) is 47.1 Å². The molecule has 1 atom stereocenters. The molecule has 28 heavy (non-hydrogen) atoms. The van der Waals surface area contributed by atoms with Gasteiger partial charge in [0.15, 0.2) is 10.2 Å². The molecule has 0 bridgehead atoms. The fraction of sp³-hybridized carbons (Fsp3) is 0.389. The van der Waals surface area contributed by atoms with Crippen LogP contribution in [0.25, 0.3) is 0 Å². The summed E-state index contributed by atoms with van der Waals surface area (Å²) in [6.07, 6.45) is 4.56. The van der Waals surface area contributed by atoms with Crippen LogP contribution in [-0.2, 0) is 17.1 Å². The highest BCUT2D eigenvalue weighted by atomic mass is 32.2. The number of imidazole rings is 1. The van der Waals surface area contributed by atoms with Crippen LogP contribution in [0.2, 0.25) is 0 Å². The van der Waals surface area contributed by atoms with Crippen molar-refractivity contribution in [1.82, 2.24) is 23.8 Å². The molecule has 0 aliphatic carbocycles. The zero-order valence-electron chi connectivity index (χ0n) is 16.0. The number of nitrogens with zero attached hydrogens (tertiary/aromatic N) is 5. The van der Waals surface area contributed by atoms with Crippen LogP contribution < -0.4 is 5.32 Å². The van der Waals surface area contributed by atoms with Gasteiger partial charge in [0.05, 0.1) is 23.8 Å². The summed E-state index contributed by atoms with van der Waals surface area (Å²) in [4.78, 5) is 13.1. The number of nitrogens with one attached hydrogen (secondary N) is 1. The second kappa shape index (κ2) is 7.26. The Balaban J connectivity index is 1.65. The van der Waals surface area contributed by atoms with Crippen molar-refractivity contribution in [3.63, 3.8) is 0 Å². The van der Waals surface area contributed by atoms with Crippen LogP contribution in [0.3, 0.4) is 0 Å². The van der Waals surface area contributed by atoms with E-state index >= 15 is 0 Å². The summed E-state index contributed by atoms with van der Waals surface area (Å²) in [5.41, 5.74) is 3.39. The summed E-state index contributed by atoms with van der Waals surface area (Å²) < 4.78 is 29.3. The standard InChI is InChI=1S/C18H22N6O2S2/c1-12-7-14(22-18-21-13(2)10-27-18)8-15(20-12)16-5-4-6-24(16)28(25,26)17-9-23(3)11-19-17/h7-11,16H,4-6H2,1-3H3,(H,20,21,22). The second-order valence-electron chi connectivity index (χ2n) is 6.99. The molecule has 0 spiro atoms. The molecule has 0 amide bonds. The number of sulfonamides is 1. The average molecular weight is 419 g/mol. The van der Waals surface area contributed by atoms with Gasteiger partial charge in [-0.05, 0) is 38.8 Å². The topological polar surface area (TPSA) is 93.0 Å². The van der Waals surface area contributed by atoms with Crippen molar-refractivity contribution < 1.29 is 8.42 Å². The largest absolute Gasteiger partial charge is 0.339 e. The number of hydrogen-bond donors (Lipinski definition) is 1. The van der Waals surface area contributed by atoms with E-state index in [0.717, 1.165) is 40.7 Å². The average Bonchev–Trinajstić information content (AvgIpc) is 3.35. The van der Waals surface area contributed by atoms with Crippen LogP contribution in [-0.4, -0.2) is 38.8 Å². The molecule has 148 valence electrons. The highest BCUT2D eigenvalue weighted by molar-refractivity contribution is 7.89. The summed E-state index contributed by atoms with van der Waals surface area (Å²) in [5.74, 6) is 0. The van der Waals surface area contributed by atoms with Crippen molar-refractivity contribution in [1.29, 1.82) is 0 Å². The first-order chi connectivity index (χ1) is 13.3. The van der Waals surface area contributed by atoms with E-state index in [9.17, 15) is 8.42 Å². The van der Waals surface area contributed by atoms with Gasteiger partial charge in [-0.2, -0.15) is 4.31 Å². The molecule has 3 aromatic heterocycles. The molecule has 10 heteroatoms. The van der Waals surface area contributed by atoms with Gasteiger partial charge in [-0.1, -0.05) is 0 Å². The maximum absolute atomic E-state index is 13.1. The lowest BCUT2D eigenvalue weighted by Gasteiger charge is -2.23. The van der Waals surface area contributed by atoms with Crippen molar-refractivity contribution in [2.45, 2.75) is 37.8 Å². The fourth-order valence-corrected chi connectivity index (χ4v) is 5.78. The molecule has 1 unspecified atom stereocenters. The van der Waals surface area contributed by atoms with E-state index in [2.05, 4.69) is 20.3 Å². The minimum absolute atomic E-state index is 0.0752. The third-order valence-electron chi connectivity index (χ3n) is 4.64. The predicted molar refractivity (Wildman–Crippen MR) is 108 cm³/mol. The van der Waals surface area contributed by atoms with E-state index in [4.69, 9.17) is 0 Å². The lowest BCUT2D eigenvalue weighted by atomic mass is 10.1. The normalized spacial score (nSPS) is 17.9. The van der Waals surface area contributed by atoms with E-state index < -0.39 is 10.0 Å². The highest BCUT2D eigenvalue weighted by Crippen LogP contribution is 2.36. The third kappa shape index (κ3) is 3.67. The summed E-state index contributed by atoms with van der Waals surface area (Å²) in [7, 11) is -1.91. The van der Waals surface area contributed by atoms with Crippen molar-refractivity contribution in [2.75, 3.05) is 11.9 Å². The number of anilines is 2. The molecule has 3 aromatic rings. The molecule has 1 aliphatic heterocycles. The molecule has 0 aromatic carbocycles. The van der Waals surface area contributed by atoms with Gasteiger partial charge in [-0.25, -0.2) is 18.4 Å². The van der Waals surface area contributed by atoms with Gasteiger partial charge in [0.2, 0.25) is 0 Å². The molecule has 4 rings (SSSR count). The number of hydrogen-bond acceptors (Lipinski definition) is 7. The third-order valence-corrected chi connectivity index (χ3v) is 7.31. The SMILES string of the molecule is Cc1cc(Nc2nc(C)cs2)cc(C2CCCN2S(=O)(=O)c2cn(C)cn2)n1. The summed E-state index contributed by atoms with van der Waals surface area (Å²) in [5, 5.41) is 6.16.